The number of ether oxygens (including phenoxy) is 1. The third-order valence-corrected chi connectivity index (χ3v) is 5.12. The molecule has 0 N–H and O–H groups in total. The molecule has 0 bridgehead atoms. The summed E-state index contributed by atoms with van der Waals surface area (Å²) < 4.78 is 5.30. The van der Waals surface area contributed by atoms with E-state index in [9.17, 15) is 9.59 Å². The Kier molecular flexibility index (Phi) is 6.37. The first-order valence-electron chi connectivity index (χ1n) is 9.03. The van der Waals surface area contributed by atoms with Gasteiger partial charge in [0, 0.05) is 12.3 Å². The molecule has 0 unspecified atom stereocenters. The van der Waals surface area contributed by atoms with Gasteiger partial charge in [0.1, 0.15) is 6.61 Å². The summed E-state index contributed by atoms with van der Waals surface area (Å²) in [6.07, 6.45) is 0.923. The van der Waals surface area contributed by atoms with Gasteiger partial charge < -0.3 is 4.74 Å². The third kappa shape index (κ3) is 4.86. The number of anilines is 2. The van der Waals surface area contributed by atoms with Crippen LogP contribution in [0.5, 0.6) is 0 Å². The lowest BCUT2D eigenvalue weighted by molar-refractivity contribution is -0.115. The van der Waals surface area contributed by atoms with E-state index >= 15 is 0 Å². The van der Waals surface area contributed by atoms with Crippen molar-refractivity contribution in [1.29, 1.82) is 5.26 Å². The Hall–Kier alpha value is -3.50. The van der Waals surface area contributed by atoms with Crippen LogP contribution in [-0.4, -0.2) is 16.9 Å². The minimum atomic E-state index is -0.498. The summed E-state index contributed by atoms with van der Waals surface area (Å²) in [5, 5.41) is 11.1. The van der Waals surface area contributed by atoms with Gasteiger partial charge in [0.15, 0.2) is 5.13 Å². The fourth-order valence-corrected chi connectivity index (χ4v) is 3.55. The molecule has 0 atom stereocenters. The standard InChI is InChI=1S/C22H19N3O3S/c1-3-16-6-10-20(11-7-16)25(15(2)26)22-24-19(14-29-22)13-28-21(27)18-8-4-17(12-23)5-9-18/h4-11,14H,3,13H2,1-2H3. The highest BCUT2D eigenvalue weighted by Gasteiger charge is 2.18. The van der Waals surface area contributed by atoms with Crippen molar-refractivity contribution in [2.45, 2.75) is 26.9 Å². The lowest BCUT2D eigenvalue weighted by Crippen LogP contribution is -2.22. The second kappa shape index (κ2) is 9.13. The number of esters is 1. The fraction of sp³-hybridized carbons (Fsp3) is 0.182. The quantitative estimate of drug-likeness (QED) is 0.559. The number of hydrogen-bond donors (Lipinski definition) is 0. The van der Waals surface area contributed by atoms with E-state index in [1.54, 1.807) is 29.6 Å². The van der Waals surface area contributed by atoms with Gasteiger partial charge >= 0.3 is 5.97 Å². The van der Waals surface area contributed by atoms with Crippen LogP contribution in [0.25, 0.3) is 0 Å². The van der Waals surface area contributed by atoms with Crippen molar-refractivity contribution in [2.75, 3.05) is 4.90 Å². The number of thiazole rings is 1. The van der Waals surface area contributed by atoms with E-state index in [4.69, 9.17) is 10.00 Å². The summed E-state index contributed by atoms with van der Waals surface area (Å²) in [5.41, 5.74) is 3.32. The van der Waals surface area contributed by atoms with Crippen LogP contribution >= 0.6 is 11.3 Å². The number of aromatic nitrogens is 1. The van der Waals surface area contributed by atoms with E-state index in [0.29, 0.717) is 22.0 Å². The molecule has 0 aliphatic rings. The lowest BCUT2D eigenvalue weighted by atomic mass is 10.1. The Morgan fingerprint density at radius 1 is 1.14 bits per heavy atom. The van der Waals surface area contributed by atoms with Crippen molar-refractivity contribution < 1.29 is 14.3 Å². The maximum atomic E-state index is 12.2. The Balaban J connectivity index is 1.70. The van der Waals surface area contributed by atoms with E-state index in [2.05, 4.69) is 11.9 Å². The van der Waals surface area contributed by atoms with E-state index < -0.39 is 5.97 Å². The number of aryl methyl sites for hydroxylation is 1. The van der Waals surface area contributed by atoms with Crippen LogP contribution < -0.4 is 4.90 Å². The van der Waals surface area contributed by atoms with E-state index in [-0.39, 0.29) is 12.5 Å². The number of rotatable bonds is 6. The molecular formula is C22H19N3O3S. The van der Waals surface area contributed by atoms with Crippen molar-refractivity contribution in [2.24, 2.45) is 0 Å². The fourth-order valence-electron chi connectivity index (χ4n) is 2.68. The number of carbonyl (C=O) groups is 2. The minimum absolute atomic E-state index is 0.00412. The minimum Gasteiger partial charge on any atom is -0.456 e. The molecule has 0 aliphatic heterocycles. The highest BCUT2D eigenvalue weighted by Crippen LogP contribution is 2.29. The van der Waals surface area contributed by atoms with Gasteiger partial charge in [0.25, 0.3) is 0 Å². The maximum absolute atomic E-state index is 12.2. The molecule has 3 aromatic rings. The normalized spacial score (nSPS) is 10.2. The van der Waals surface area contributed by atoms with Gasteiger partial charge in [-0.1, -0.05) is 19.1 Å². The first-order chi connectivity index (χ1) is 14.0. The molecule has 0 spiro atoms. The van der Waals surface area contributed by atoms with Gasteiger partial charge in [-0.3, -0.25) is 9.69 Å². The number of nitriles is 1. The third-order valence-electron chi connectivity index (χ3n) is 4.25. The van der Waals surface area contributed by atoms with Crippen LogP contribution in [0.4, 0.5) is 10.8 Å². The Labute approximate surface area is 173 Å². The molecule has 0 saturated heterocycles. The van der Waals surface area contributed by atoms with Crippen molar-refractivity contribution in [3.05, 3.63) is 76.3 Å². The summed E-state index contributed by atoms with van der Waals surface area (Å²) in [4.78, 5) is 30.3. The topological polar surface area (TPSA) is 83.3 Å². The zero-order valence-corrected chi connectivity index (χ0v) is 16.9. The number of hydrogen-bond acceptors (Lipinski definition) is 6. The smallest absolute Gasteiger partial charge is 0.338 e. The van der Waals surface area contributed by atoms with Crippen LogP contribution in [0, 0.1) is 11.3 Å². The number of carbonyl (C=O) groups excluding carboxylic acids is 2. The Bertz CT molecular complexity index is 1050. The molecule has 0 radical (unpaired) electrons. The SMILES string of the molecule is CCc1ccc(N(C(C)=O)c2nc(COC(=O)c3ccc(C#N)cc3)cs2)cc1. The first-order valence-corrected chi connectivity index (χ1v) is 9.91. The summed E-state index contributed by atoms with van der Waals surface area (Å²) in [5.74, 6) is -0.646. The highest BCUT2D eigenvalue weighted by atomic mass is 32.1. The molecular weight excluding hydrogens is 386 g/mol. The second-order valence-corrected chi connectivity index (χ2v) is 7.10. The Morgan fingerprint density at radius 3 is 2.41 bits per heavy atom. The molecule has 3 rings (SSSR count). The molecule has 7 heteroatoms. The molecule has 146 valence electrons. The zero-order chi connectivity index (χ0) is 20.8. The molecule has 1 heterocycles. The molecule has 29 heavy (non-hydrogen) atoms. The molecule has 6 nitrogen and oxygen atoms in total. The van der Waals surface area contributed by atoms with Crippen molar-refractivity contribution in [3.63, 3.8) is 0 Å². The largest absolute Gasteiger partial charge is 0.456 e. The monoisotopic (exact) mass is 405 g/mol. The summed E-state index contributed by atoms with van der Waals surface area (Å²) in [6, 6.07) is 16.0. The van der Waals surface area contributed by atoms with E-state index in [1.165, 1.54) is 28.7 Å². The van der Waals surface area contributed by atoms with Gasteiger partial charge in [-0.15, -0.1) is 11.3 Å². The van der Waals surface area contributed by atoms with E-state index in [0.717, 1.165) is 12.1 Å². The van der Waals surface area contributed by atoms with Crippen LogP contribution in [0.1, 0.15) is 41.0 Å². The highest BCUT2D eigenvalue weighted by molar-refractivity contribution is 7.14. The lowest BCUT2D eigenvalue weighted by Gasteiger charge is -2.18. The first kappa shape index (κ1) is 20.2. The van der Waals surface area contributed by atoms with Crippen LogP contribution in [-0.2, 0) is 22.6 Å². The van der Waals surface area contributed by atoms with Crippen LogP contribution in [0.15, 0.2) is 53.9 Å². The molecule has 0 saturated carbocycles. The average molecular weight is 405 g/mol. The van der Waals surface area contributed by atoms with Crippen molar-refractivity contribution in [3.8, 4) is 6.07 Å². The van der Waals surface area contributed by atoms with E-state index in [1.807, 2.05) is 30.3 Å². The van der Waals surface area contributed by atoms with Gasteiger partial charge in [0.05, 0.1) is 28.6 Å². The summed E-state index contributed by atoms with van der Waals surface area (Å²) in [7, 11) is 0. The molecule has 0 aliphatic carbocycles. The van der Waals surface area contributed by atoms with Crippen molar-refractivity contribution >= 4 is 34.0 Å². The molecule has 1 amide bonds. The van der Waals surface area contributed by atoms with Gasteiger partial charge in [0.2, 0.25) is 5.91 Å². The number of benzene rings is 2. The zero-order valence-electron chi connectivity index (χ0n) is 16.1. The summed E-state index contributed by atoms with van der Waals surface area (Å²) in [6.45, 7) is 3.56. The number of nitrogens with zero attached hydrogens (tertiary/aromatic N) is 3. The second-order valence-electron chi connectivity index (χ2n) is 6.26. The predicted molar refractivity (Wildman–Crippen MR) is 111 cm³/mol. The molecule has 1 aromatic heterocycles. The van der Waals surface area contributed by atoms with Crippen LogP contribution in [0.3, 0.4) is 0 Å². The predicted octanol–water partition coefficient (Wildman–Crippen LogP) is 4.62. The average Bonchev–Trinajstić information content (AvgIpc) is 3.20. The van der Waals surface area contributed by atoms with Crippen LogP contribution in [0.2, 0.25) is 0 Å². The van der Waals surface area contributed by atoms with Gasteiger partial charge in [-0.25, -0.2) is 9.78 Å². The Morgan fingerprint density at radius 2 is 1.83 bits per heavy atom. The number of amides is 1. The molecule has 2 aromatic carbocycles. The van der Waals surface area contributed by atoms with Crippen molar-refractivity contribution in [1.82, 2.24) is 4.98 Å². The maximum Gasteiger partial charge on any atom is 0.338 e. The van der Waals surface area contributed by atoms with Gasteiger partial charge in [-0.05, 0) is 48.4 Å². The van der Waals surface area contributed by atoms with Gasteiger partial charge in [-0.2, -0.15) is 5.26 Å². The summed E-state index contributed by atoms with van der Waals surface area (Å²) >= 11 is 1.31. The molecule has 0 fully saturated rings.